The summed E-state index contributed by atoms with van der Waals surface area (Å²) in [6, 6.07) is 25.2. The van der Waals surface area contributed by atoms with Gasteiger partial charge in [-0.25, -0.2) is 0 Å². The maximum absolute atomic E-state index is 13.3. The van der Waals surface area contributed by atoms with E-state index >= 15 is 0 Å². The zero-order chi connectivity index (χ0) is 25.1. The minimum Gasteiger partial charge on any atom is -0.373 e. The Kier molecular flexibility index (Phi) is 6.61. The monoisotopic (exact) mass is 481 g/mol. The molecule has 0 radical (unpaired) electrons. The minimum atomic E-state index is -0.320. The van der Waals surface area contributed by atoms with Crippen molar-refractivity contribution < 1.29 is 14.3 Å². The van der Waals surface area contributed by atoms with Crippen LogP contribution in [0.4, 0.5) is 5.69 Å². The zero-order valence-corrected chi connectivity index (χ0v) is 20.7. The molecular formula is C30H31N3O3. The summed E-state index contributed by atoms with van der Waals surface area (Å²) in [6.45, 7) is 5.80. The molecule has 0 bridgehead atoms. The second kappa shape index (κ2) is 9.99. The predicted octanol–water partition coefficient (Wildman–Crippen LogP) is 5.55. The Hall–Kier alpha value is -3.90. The smallest absolute Gasteiger partial charge is 0.268 e. The lowest BCUT2D eigenvalue weighted by molar-refractivity contribution is 0.0205. The summed E-state index contributed by atoms with van der Waals surface area (Å²) in [6.07, 6.45) is 1.95. The molecule has 1 aliphatic heterocycles. The number of hydrogen-bond acceptors (Lipinski definition) is 3. The molecular weight excluding hydrogens is 450 g/mol. The van der Waals surface area contributed by atoms with Crippen molar-refractivity contribution in [1.82, 2.24) is 9.88 Å². The number of nitrogens with one attached hydrogen (secondary N) is 2. The summed E-state index contributed by atoms with van der Waals surface area (Å²) in [5, 5.41) is 6.96. The number of carbonyl (C=O) groups is 2. The molecule has 0 unspecified atom stereocenters. The van der Waals surface area contributed by atoms with Crippen LogP contribution in [0.25, 0.3) is 10.9 Å². The second-order valence-corrected chi connectivity index (χ2v) is 9.78. The van der Waals surface area contributed by atoms with E-state index in [0.29, 0.717) is 30.0 Å². The van der Waals surface area contributed by atoms with Crippen molar-refractivity contribution in [1.29, 1.82) is 0 Å². The molecule has 0 aliphatic carbocycles. The van der Waals surface area contributed by atoms with Gasteiger partial charge in [0.1, 0.15) is 5.69 Å². The number of nitrogens with zero attached hydrogens (tertiary/aromatic N) is 1. The Bertz CT molecular complexity index is 1380. The van der Waals surface area contributed by atoms with E-state index in [1.165, 1.54) is 0 Å². The molecule has 0 saturated carbocycles. The van der Waals surface area contributed by atoms with E-state index in [0.717, 1.165) is 41.5 Å². The van der Waals surface area contributed by atoms with Gasteiger partial charge < -0.3 is 19.9 Å². The first kappa shape index (κ1) is 23.8. The van der Waals surface area contributed by atoms with Crippen LogP contribution in [0.2, 0.25) is 0 Å². The van der Waals surface area contributed by atoms with E-state index in [-0.39, 0.29) is 17.4 Å². The van der Waals surface area contributed by atoms with E-state index in [2.05, 4.69) is 22.8 Å². The molecule has 1 fully saturated rings. The molecule has 1 aliphatic rings. The summed E-state index contributed by atoms with van der Waals surface area (Å²) in [4.78, 5) is 26.1. The van der Waals surface area contributed by atoms with E-state index < -0.39 is 0 Å². The Labute approximate surface area is 211 Å². The number of rotatable bonds is 7. The highest BCUT2D eigenvalue weighted by Gasteiger charge is 2.30. The van der Waals surface area contributed by atoms with Gasteiger partial charge in [-0.15, -0.1) is 0 Å². The standard InChI is InChI=1S/C30H31N3O3/c1-21-9-11-23(12-10-21)28(34)32-25-13-14-26-24(17-25)18-27(33(26)19-22-7-4-3-5-8-22)29(35)31-20-30(2)15-6-16-36-30/h3-5,7-14,17-18H,6,15-16,19-20H2,1-2H3,(H,31,35)(H,32,34)/t30-/m1/s1. The molecule has 2 heterocycles. The highest BCUT2D eigenvalue weighted by molar-refractivity contribution is 6.06. The number of hydrogen-bond donors (Lipinski definition) is 2. The van der Waals surface area contributed by atoms with Crippen LogP contribution in [0.1, 0.15) is 51.7 Å². The molecule has 2 N–H and O–H groups in total. The minimum absolute atomic E-state index is 0.135. The lowest BCUT2D eigenvalue weighted by Gasteiger charge is -2.23. The molecule has 36 heavy (non-hydrogen) atoms. The lowest BCUT2D eigenvalue weighted by atomic mass is 10.0. The molecule has 5 rings (SSSR count). The molecule has 184 valence electrons. The molecule has 4 aromatic rings. The second-order valence-electron chi connectivity index (χ2n) is 9.78. The van der Waals surface area contributed by atoms with Gasteiger partial charge in [-0.2, -0.15) is 0 Å². The average Bonchev–Trinajstić information content (AvgIpc) is 3.47. The Morgan fingerprint density at radius 2 is 1.75 bits per heavy atom. The van der Waals surface area contributed by atoms with Crippen molar-refractivity contribution >= 4 is 28.4 Å². The van der Waals surface area contributed by atoms with Gasteiger partial charge in [-0.1, -0.05) is 48.0 Å². The van der Waals surface area contributed by atoms with Crippen LogP contribution < -0.4 is 10.6 Å². The highest BCUT2D eigenvalue weighted by atomic mass is 16.5. The number of anilines is 1. The number of aryl methyl sites for hydroxylation is 1. The van der Waals surface area contributed by atoms with Crippen LogP contribution in [-0.4, -0.2) is 35.1 Å². The van der Waals surface area contributed by atoms with E-state index in [1.54, 1.807) is 0 Å². The SMILES string of the molecule is Cc1ccc(C(=O)Nc2ccc3c(c2)cc(C(=O)NC[C@@]2(C)CCCO2)n3Cc2ccccc2)cc1. The molecule has 1 atom stereocenters. The van der Waals surface area contributed by atoms with Gasteiger partial charge in [0, 0.05) is 41.9 Å². The fourth-order valence-corrected chi connectivity index (χ4v) is 4.72. The third-order valence-corrected chi connectivity index (χ3v) is 6.81. The normalized spacial score (nSPS) is 17.3. The van der Waals surface area contributed by atoms with Crippen LogP contribution in [0.5, 0.6) is 0 Å². The van der Waals surface area contributed by atoms with Gasteiger partial charge in [0.15, 0.2) is 0 Å². The van der Waals surface area contributed by atoms with Gasteiger partial charge in [0.2, 0.25) is 0 Å². The summed E-state index contributed by atoms with van der Waals surface area (Å²) in [7, 11) is 0. The number of ether oxygens (including phenoxy) is 1. The van der Waals surface area contributed by atoms with Crippen molar-refractivity contribution in [2.45, 2.75) is 38.8 Å². The van der Waals surface area contributed by atoms with Crippen LogP contribution >= 0.6 is 0 Å². The van der Waals surface area contributed by atoms with Gasteiger partial charge >= 0.3 is 0 Å². The van der Waals surface area contributed by atoms with Crippen LogP contribution in [0.15, 0.2) is 78.9 Å². The maximum atomic E-state index is 13.3. The Morgan fingerprint density at radius 3 is 2.47 bits per heavy atom. The Balaban J connectivity index is 1.43. The molecule has 1 aromatic heterocycles. The summed E-state index contributed by atoms with van der Waals surface area (Å²) in [5.74, 6) is -0.301. The van der Waals surface area contributed by atoms with Crippen LogP contribution in [0.3, 0.4) is 0 Å². The highest BCUT2D eigenvalue weighted by Crippen LogP contribution is 2.27. The van der Waals surface area contributed by atoms with Crippen molar-refractivity contribution in [3.63, 3.8) is 0 Å². The van der Waals surface area contributed by atoms with Gasteiger partial charge in [-0.05, 0) is 68.7 Å². The topological polar surface area (TPSA) is 72.4 Å². The van der Waals surface area contributed by atoms with Crippen molar-refractivity contribution in [3.8, 4) is 0 Å². The molecule has 6 heteroatoms. The third kappa shape index (κ3) is 5.19. The van der Waals surface area contributed by atoms with E-state index in [4.69, 9.17) is 4.74 Å². The molecule has 0 spiro atoms. The molecule has 6 nitrogen and oxygen atoms in total. The first-order chi connectivity index (χ1) is 17.4. The number of carbonyl (C=O) groups excluding carboxylic acids is 2. The fraction of sp³-hybridized carbons (Fsp3) is 0.267. The molecule has 2 amide bonds. The molecule has 3 aromatic carbocycles. The number of amides is 2. The predicted molar refractivity (Wildman–Crippen MR) is 143 cm³/mol. The maximum Gasteiger partial charge on any atom is 0.268 e. The van der Waals surface area contributed by atoms with Gasteiger partial charge in [0.25, 0.3) is 11.8 Å². The van der Waals surface area contributed by atoms with Crippen LogP contribution in [0, 0.1) is 6.92 Å². The lowest BCUT2D eigenvalue weighted by Crippen LogP contribution is -2.40. The average molecular weight is 482 g/mol. The number of fused-ring (bicyclic) bond motifs is 1. The fourth-order valence-electron chi connectivity index (χ4n) is 4.72. The van der Waals surface area contributed by atoms with Crippen molar-refractivity contribution in [3.05, 3.63) is 101 Å². The van der Waals surface area contributed by atoms with Crippen molar-refractivity contribution in [2.24, 2.45) is 0 Å². The van der Waals surface area contributed by atoms with Gasteiger partial charge in [0.05, 0.1) is 5.60 Å². The molecule has 1 saturated heterocycles. The number of aromatic nitrogens is 1. The first-order valence-electron chi connectivity index (χ1n) is 12.4. The van der Waals surface area contributed by atoms with E-state index in [9.17, 15) is 9.59 Å². The van der Waals surface area contributed by atoms with Gasteiger partial charge in [-0.3, -0.25) is 9.59 Å². The quantitative estimate of drug-likeness (QED) is 0.364. The van der Waals surface area contributed by atoms with E-state index in [1.807, 2.05) is 85.1 Å². The van der Waals surface area contributed by atoms with Crippen LogP contribution in [-0.2, 0) is 11.3 Å². The largest absolute Gasteiger partial charge is 0.373 e. The van der Waals surface area contributed by atoms with Crippen molar-refractivity contribution in [2.75, 3.05) is 18.5 Å². The zero-order valence-electron chi connectivity index (χ0n) is 20.7. The summed E-state index contributed by atoms with van der Waals surface area (Å²) in [5.41, 5.74) is 4.69. The first-order valence-corrected chi connectivity index (χ1v) is 12.4. The summed E-state index contributed by atoms with van der Waals surface area (Å²) < 4.78 is 7.88. The summed E-state index contributed by atoms with van der Waals surface area (Å²) >= 11 is 0. The number of benzene rings is 3. The Morgan fingerprint density at radius 1 is 0.972 bits per heavy atom. The third-order valence-electron chi connectivity index (χ3n) is 6.81.